The number of nitrogens with one attached hydrogen (secondary N) is 1. The van der Waals surface area contributed by atoms with Crippen molar-refractivity contribution in [2.45, 2.75) is 18.9 Å². The molecule has 0 bridgehead atoms. The molecule has 4 rings (SSSR count). The summed E-state index contributed by atoms with van der Waals surface area (Å²) in [4.78, 5) is 37.8. The number of carbonyl (C=O) groups is 1. The third kappa shape index (κ3) is 2.73. The zero-order chi connectivity index (χ0) is 18.1. The molecule has 1 N–H and O–H groups in total. The number of nitriles is 1. The Morgan fingerprint density at radius 3 is 2.88 bits per heavy atom. The van der Waals surface area contributed by atoms with Crippen LogP contribution in [0.3, 0.4) is 0 Å². The summed E-state index contributed by atoms with van der Waals surface area (Å²) in [5.41, 5.74) is 1.97. The molecule has 26 heavy (non-hydrogen) atoms. The summed E-state index contributed by atoms with van der Waals surface area (Å²) in [6, 6.07) is 8.50. The average Bonchev–Trinajstić information content (AvgIpc) is 3.03. The molecular formula is C18H16N6O2. The van der Waals surface area contributed by atoms with E-state index in [4.69, 9.17) is 5.26 Å². The minimum absolute atomic E-state index is 0.0956. The van der Waals surface area contributed by atoms with E-state index in [9.17, 15) is 9.59 Å². The largest absolute Gasteiger partial charge is 0.337 e. The maximum Gasteiger partial charge on any atom is 0.328 e. The molecule has 0 spiro atoms. The molecule has 0 radical (unpaired) electrons. The van der Waals surface area contributed by atoms with Crippen LogP contribution in [0.2, 0.25) is 0 Å². The van der Waals surface area contributed by atoms with Crippen molar-refractivity contribution in [3.8, 4) is 6.07 Å². The van der Waals surface area contributed by atoms with Crippen LogP contribution in [0, 0.1) is 11.3 Å². The number of likely N-dealkylation sites (tertiary alicyclic amines) is 1. The lowest BCUT2D eigenvalue weighted by atomic mass is 10.0. The van der Waals surface area contributed by atoms with Gasteiger partial charge in [-0.25, -0.2) is 14.8 Å². The summed E-state index contributed by atoms with van der Waals surface area (Å²) in [5.74, 6) is -0.0956. The molecule has 1 aromatic carbocycles. The number of nitrogens with zero attached hydrogens (tertiary/aromatic N) is 5. The van der Waals surface area contributed by atoms with Gasteiger partial charge in [-0.1, -0.05) is 0 Å². The molecular weight excluding hydrogens is 332 g/mol. The van der Waals surface area contributed by atoms with Crippen LogP contribution in [0.25, 0.3) is 11.2 Å². The van der Waals surface area contributed by atoms with Crippen molar-refractivity contribution in [2.24, 2.45) is 0 Å². The number of aromatic nitrogens is 4. The van der Waals surface area contributed by atoms with E-state index in [1.54, 1.807) is 39.9 Å². The number of benzene rings is 1. The molecule has 3 aromatic rings. The van der Waals surface area contributed by atoms with Crippen molar-refractivity contribution in [2.75, 3.05) is 13.1 Å². The van der Waals surface area contributed by atoms with Gasteiger partial charge < -0.3 is 9.88 Å². The SMILES string of the molecule is N#Cc1ccc(C(=O)N2CCCC(n3c(=O)[nH]c4cncnc43)C2)cc1. The predicted octanol–water partition coefficient (Wildman–Crippen LogP) is 1.47. The minimum Gasteiger partial charge on any atom is -0.337 e. The molecule has 0 aliphatic carbocycles. The van der Waals surface area contributed by atoms with Crippen molar-refractivity contribution in [3.63, 3.8) is 0 Å². The maximum atomic E-state index is 12.8. The van der Waals surface area contributed by atoms with Crippen LogP contribution in [0.15, 0.2) is 41.6 Å². The van der Waals surface area contributed by atoms with Crippen molar-refractivity contribution in [3.05, 3.63) is 58.4 Å². The topological polar surface area (TPSA) is 108 Å². The second-order valence-corrected chi connectivity index (χ2v) is 6.30. The molecule has 1 fully saturated rings. The predicted molar refractivity (Wildman–Crippen MR) is 93.5 cm³/mol. The zero-order valence-electron chi connectivity index (χ0n) is 13.9. The van der Waals surface area contributed by atoms with E-state index >= 15 is 0 Å². The van der Waals surface area contributed by atoms with Crippen LogP contribution in [0.5, 0.6) is 0 Å². The fourth-order valence-electron chi connectivity index (χ4n) is 3.43. The third-order valence-corrected chi connectivity index (χ3v) is 4.69. The summed E-state index contributed by atoms with van der Waals surface area (Å²) in [6.45, 7) is 1.08. The minimum atomic E-state index is -0.238. The lowest BCUT2D eigenvalue weighted by Crippen LogP contribution is -2.42. The number of hydrogen-bond acceptors (Lipinski definition) is 5. The van der Waals surface area contributed by atoms with Crippen LogP contribution in [-0.2, 0) is 0 Å². The van der Waals surface area contributed by atoms with Crippen molar-refractivity contribution in [1.29, 1.82) is 5.26 Å². The van der Waals surface area contributed by atoms with Crippen LogP contribution in [0.1, 0.15) is 34.8 Å². The van der Waals surface area contributed by atoms with Crippen LogP contribution in [0.4, 0.5) is 0 Å². The first-order valence-corrected chi connectivity index (χ1v) is 8.37. The molecule has 8 nitrogen and oxygen atoms in total. The van der Waals surface area contributed by atoms with Crippen LogP contribution >= 0.6 is 0 Å². The molecule has 1 aliphatic heterocycles. The van der Waals surface area contributed by atoms with Gasteiger partial charge in [0, 0.05) is 18.7 Å². The Bertz CT molecular complexity index is 1060. The molecule has 1 atom stereocenters. The lowest BCUT2D eigenvalue weighted by Gasteiger charge is -2.33. The second-order valence-electron chi connectivity index (χ2n) is 6.30. The van der Waals surface area contributed by atoms with Crippen molar-refractivity contribution in [1.82, 2.24) is 24.4 Å². The normalized spacial score (nSPS) is 17.2. The summed E-state index contributed by atoms with van der Waals surface area (Å²) >= 11 is 0. The molecule has 1 aliphatic rings. The molecule has 1 amide bonds. The monoisotopic (exact) mass is 348 g/mol. The number of rotatable bonds is 2. The second kappa shape index (κ2) is 6.44. The number of hydrogen-bond donors (Lipinski definition) is 1. The Morgan fingerprint density at radius 1 is 1.31 bits per heavy atom. The molecule has 130 valence electrons. The van der Waals surface area contributed by atoms with E-state index < -0.39 is 0 Å². The first kappa shape index (κ1) is 16.0. The number of imidazole rings is 1. The Morgan fingerprint density at radius 2 is 2.12 bits per heavy atom. The maximum absolute atomic E-state index is 12.8. The Kier molecular flexibility index (Phi) is 3.97. The standard InChI is InChI=1S/C18H16N6O2/c19-8-12-3-5-13(6-4-12)17(25)23-7-1-2-14(10-23)24-16-15(22-18(24)26)9-20-11-21-16/h3-6,9,11,14H,1-2,7,10H2,(H,22,26). The van der Waals surface area contributed by atoms with E-state index in [1.807, 2.05) is 6.07 Å². The number of fused-ring (bicyclic) bond motifs is 1. The van der Waals surface area contributed by atoms with Crippen molar-refractivity contribution >= 4 is 17.1 Å². The number of piperidine rings is 1. The van der Waals surface area contributed by atoms with Gasteiger partial charge in [-0.05, 0) is 37.1 Å². The van der Waals surface area contributed by atoms with Gasteiger partial charge >= 0.3 is 5.69 Å². The molecule has 8 heteroatoms. The third-order valence-electron chi connectivity index (χ3n) is 4.69. The highest BCUT2D eigenvalue weighted by atomic mass is 16.2. The van der Waals surface area contributed by atoms with E-state index in [2.05, 4.69) is 15.0 Å². The lowest BCUT2D eigenvalue weighted by molar-refractivity contribution is 0.0679. The van der Waals surface area contributed by atoms with Gasteiger partial charge in [0.15, 0.2) is 5.65 Å². The smallest absolute Gasteiger partial charge is 0.328 e. The summed E-state index contributed by atoms with van der Waals surface area (Å²) in [7, 11) is 0. The van der Waals surface area contributed by atoms with Gasteiger partial charge in [0.1, 0.15) is 11.8 Å². The number of H-pyrrole nitrogens is 1. The highest BCUT2D eigenvalue weighted by molar-refractivity contribution is 5.94. The summed E-state index contributed by atoms with van der Waals surface area (Å²) in [6.07, 6.45) is 4.59. The molecule has 2 aromatic heterocycles. The summed E-state index contributed by atoms with van der Waals surface area (Å²) in [5, 5.41) is 8.88. The fraction of sp³-hybridized carbons (Fsp3) is 0.278. The van der Waals surface area contributed by atoms with Gasteiger partial charge in [-0.3, -0.25) is 9.36 Å². The summed E-state index contributed by atoms with van der Waals surface area (Å²) < 4.78 is 1.62. The Balaban J connectivity index is 1.61. The van der Waals surface area contributed by atoms with Gasteiger partial charge in [0.25, 0.3) is 5.91 Å². The van der Waals surface area contributed by atoms with E-state index in [0.717, 1.165) is 12.8 Å². The Hall–Kier alpha value is -3.47. The molecule has 1 saturated heterocycles. The van der Waals surface area contributed by atoms with Gasteiger partial charge in [-0.2, -0.15) is 5.26 Å². The number of aromatic amines is 1. The van der Waals surface area contributed by atoms with E-state index in [0.29, 0.717) is 35.4 Å². The van der Waals surface area contributed by atoms with Crippen molar-refractivity contribution < 1.29 is 4.79 Å². The molecule has 0 saturated carbocycles. The van der Waals surface area contributed by atoms with Gasteiger partial charge in [0.05, 0.1) is 23.9 Å². The first-order valence-electron chi connectivity index (χ1n) is 8.37. The number of amides is 1. The van der Waals surface area contributed by atoms with Crippen LogP contribution < -0.4 is 5.69 Å². The van der Waals surface area contributed by atoms with E-state index in [-0.39, 0.29) is 17.6 Å². The molecule has 3 heterocycles. The first-order chi connectivity index (χ1) is 12.7. The average molecular weight is 348 g/mol. The Labute approximate surface area is 148 Å². The highest BCUT2D eigenvalue weighted by Crippen LogP contribution is 2.24. The quantitative estimate of drug-likeness (QED) is 0.754. The van der Waals surface area contributed by atoms with Gasteiger partial charge in [-0.15, -0.1) is 0 Å². The van der Waals surface area contributed by atoms with Crippen LogP contribution in [-0.4, -0.2) is 43.4 Å². The fourth-order valence-corrected chi connectivity index (χ4v) is 3.43. The molecule has 1 unspecified atom stereocenters. The number of carbonyl (C=O) groups excluding carboxylic acids is 1. The van der Waals surface area contributed by atoms with E-state index in [1.165, 1.54) is 6.33 Å². The highest BCUT2D eigenvalue weighted by Gasteiger charge is 2.28. The van der Waals surface area contributed by atoms with Gasteiger partial charge in [0.2, 0.25) is 0 Å². The zero-order valence-corrected chi connectivity index (χ0v) is 13.9.